The highest BCUT2D eigenvalue weighted by molar-refractivity contribution is 5.95. The number of nitrogens with two attached hydrogens (primary N) is 1. The van der Waals surface area contributed by atoms with Crippen LogP contribution >= 0.6 is 0 Å². The van der Waals surface area contributed by atoms with Gasteiger partial charge in [0.1, 0.15) is 0 Å². The average Bonchev–Trinajstić information content (AvgIpc) is 3.04. The third-order valence-corrected chi connectivity index (χ3v) is 5.45. The molecule has 0 saturated carbocycles. The number of ether oxygens (including phenoxy) is 1. The zero-order valence-electron chi connectivity index (χ0n) is 17.3. The van der Waals surface area contributed by atoms with Gasteiger partial charge in [0.15, 0.2) is 0 Å². The van der Waals surface area contributed by atoms with Crippen molar-refractivity contribution in [2.75, 3.05) is 7.11 Å². The van der Waals surface area contributed by atoms with Gasteiger partial charge in [-0.15, -0.1) is 0 Å². The molecule has 3 N–H and O–H groups in total. The number of primary amides is 1. The fourth-order valence-electron chi connectivity index (χ4n) is 4.02. The first-order chi connectivity index (χ1) is 14.5. The minimum atomic E-state index is -0.478. The maximum atomic E-state index is 11.9. The van der Waals surface area contributed by atoms with E-state index in [2.05, 4.69) is 52.4 Å². The Hall–Kier alpha value is -3.51. The summed E-state index contributed by atoms with van der Waals surface area (Å²) in [5.41, 5.74) is 14.0. The van der Waals surface area contributed by atoms with Crippen molar-refractivity contribution in [3.63, 3.8) is 0 Å². The number of aryl methyl sites for hydroxylation is 2. The molecule has 6 heteroatoms. The van der Waals surface area contributed by atoms with Gasteiger partial charge in [0.05, 0.1) is 24.1 Å². The summed E-state index contributed by atoms with van der Waals surface area (Å²) in [5.74, 6) is -0.478. The number of methoxy groups -OCH3 is 1. The van der Waals surface area contributed by atoms with Crippen LogP contribution < -0.4 is 5.73 Å². The number of carbonyl (C=O) groups excluding carboxylic acids is 1. The molecule has 6 nitrogen and oxygen atoms in total. The Morgan fingerprint density at radius 1 is 1.13 bits per heavy atom. The van der Waals surface area contributed by atoms with Crippen molar-refractivity contribution < 1.29 is 9.53 Å². The van der Waals surface area contributed by atoms with Crippen LogP contribution in [0.5, 0.6) is 0 Å². The highest BCUT2D eigenvalue weighted by Crippen LogP contribution is 2.33. The van der Waals surface area contributed by atoms with Crippen LogP contribution in [0.25, 0.3) is 22.2 Å². The van der Waals surface area contributed by atoms with E-state index in [4.69, 9.17) is 10.5 Å². The van der Waals surface area contributed by atoms with E-state index in [9.17, 15) is 4.79 Å². The van der Waals surface area contributed by atoms with Crippen LogP contribution in [0.15, 0.2) is 48.7 Å². The van der Waals surface area contributed by atoms with Crippen LogP contribution in [-0.2, 0) is 17.8 Å². The van der Waals surface area contributed by atoms with Gasteiger partial charge in [-0.05, 0) is 54.7 Å². The van der Waals surface area contributed by atoms with Crippen LogP contribution in [0.4, 0.5) is 0 Å². The lowest BCUT2D eigenvalue weighted by molar-refractivity contribution is 0.0998. The second-order valence-corrected chi connectivity index (χ2v) is 7.47. The zero-order chi connectivity index (χ0) is 21.3. The molecule has 30 heavy (non-hydrogen) atoms. The summed E-state index contributed by atoms with van der Waals surface area (Å²) in [5, 5.41) is 9.11. The third kappa shape index (κ3) is 3.57. The summed E-state index contributed by atoms with van der Waals surface area (Å²) in [6, 6.07) is 14.5. The summed E-state index contributed by atoms with van der Waals surface area (Å²) < 4.78 is 5.37. The molecule has 0 radical (unpaired) electrons. The van der Waals surface area contributed by atoms with Crippen LogP contribution in [0, 0.1) is 13.8 Å². The number of rotatable bonds is 6. The van der Waals surface area contributed by atoms with Gasteiger partial charge in [-0.25, -0.2) is 0 Å². The Labute approximate surface area is 175 Å². The molecular weight excluding hydrogens is 376 g/mol. The Morgan fingerprint density at radius 3 is 2.70 bits per heavy atom. The molecule has 152 valence electrons. The van der Waals surface area contributed by atoms with Crippen molar-refractivity contribution in [3.8, 4) is 11.3 Å². The minimum Gasteiger partial charge on any atom is -0.380 e. The second kappa shape index (κ2) is 8.08. The summed E-state index contributed by atoms with van der Waals surface area (Å²) >= 11 is 0. The summed E-state index contributed by atoms with van der Waals surface area (Å²) in [6.45, 7) is 4.43. The predicted molar refractivity (Wildman–Crippen MR) is 117 cm³/mol. The van der Waals surface area contributed by atoms with Crippen molar-refractivity contribution >= 4 is 16.8 Å². The minimum absolute atomic E-state index is 0.449. The number of H-pyrrole nitrogens is 1. The lowest BCUT2D eigenvalue weighted by Crippen LogP contribution is -2.17. The van der Waals surface area contributed by atoms with E-state index in [1.165, 1.54) is 5.56 Å². The molecule has 0 saturated heterocycles. The Kier molecular flexibility index (Phi) is 5.33. The van der Waals surface area contributed by atoms with Gasteiger partial charge in [0.25, 0.3) is 5.91 Å². The van der Waals surface area contributed by atoms with Crippen LogP contribution in [-0.4, -0.2) is 28.2 Å². The number of aromatic nitrogens is 3. The number of nitrogens with one attached hydrogen (secondary N) is 1. The van der Waals surface area contributed by atoms with E-state index in [1.807, 2.05) is 12.1 Å². The molecule has 1 amide bonds. The Bertz CT molecular complexity index is 1240. The van der Waals surface area contributed by atoms with Gasteiger partial charge in [-0.1, -0.05) is 30.3 Å². The van der Waals surface area contributed by atoms with Crippen LogP contribution in [0.2, 0.25) is 0 Å². The smallest absolute Gasteiger partial charge is 0.250 e. The number of nitrogens with zero attached hydrogens (tertiary/aromatic N) is 2. The summed E-state index contributed by atoms with van der Waals surface area (Å²) in [7, 11) is 1.71. The number of amides is 1. The molecule has 0 spiro atoms. The number of benzene rings is 2. The number of aromatic amines is 1. The fourth-order valence-corrected chi connectivity index (χ4v) is 4.02. The van der Waals surface area contributed by atoms with E-state index < -0.39 is 5.91 Å². The molecule has 4 rings (SSSR count). The monoisotopic (exact) mass is 400 g/mol. The Morgan fingerprint density at radius 2 is 1.93 bits per heavy atom. The number of carbonyl (C=O) groups is 1. The lowest BCUT2D eigenvalue weighted by Gasteiger charge is -2.09. The molecule has 0 aliphatic carbocycles. The normalized spacial score (nSPS) is 11.2. The molecule has 0 fully saturated rings. The molecule has 2 aromatic heterocycles. The fraction of sp³-hybridized carbons (Fsp3) is 0.208. The second-order valence-electron chi connectivity index (χ2n) is 7.47. The number of fused-ring (bicyclic) bond motifs is 1. The highest BCUT2D eigenvalue weighted by atomic mass is 16.5. The average molecular weight is 400 g/mol. The van der Waals surface area contributed by atoms with Crippen molar-refractivity contribution in [2.45, 2.75) is 26.9 Å². The number of hydrogen-bond donors (Lipinski definition) is 2. The first-order valence-corrected chi connectivity index (χ1v) is 9.79. The van der Waals surface area contributed by atoms with Gasteiger partial charge in [0.2, 0.25) is 0 Å². The number of hydrogen-bond acceptors (Lipinski definition) is 4. The molecule has 2 aromatic carbocycles. The van der Waals surface area contributed by atoms with Crippen LogP contribution in [0.1, 0.15) is 38.3 Å². The van der Waals surface area contributed by atoms with Crippen LogP contribution in [0.3, 0.4) is 0 Å². The first-order valence-electron chi connectivity index (χ1n) is 9.79. The topological polar surface area (TPSA) is 93.9 Å². The molecule has 4 aromatic rings. The van der Waals surface area contributed by atoms with Gasteiger partial charge in [-0.3, -0.25) is 4.79 Å². The quantitative estimate of drug-likeness (QED) is 0.510. The maximum Gasteiger partial charge on any atom is 0.250 e. The molecule has 0 aliphatic heterocycles. The van der Waals surface area contributed by atoms with Gasteiger partial charge in [0, 0.05) is 29.3 Å². The standard InChI is InChI=1S/C24H24N4O2/c1-14-20-11-16(10-18-12-26-28-15(2)22(18)24(25)29)8-9-21(20)27-23(14)19-7-5-4-6-17(19)13-30-3/h4-9,11-12,27H,10,13H2,1-3H3,(H2,25,29). The van der Waals surface area contributed by atoms with Crippen molar-refractivity contribution in [1.29, 1.82) is 0 Å². The first kappa shape index (κ1) is 19.8. The molecule has 0 unspecified atom stereocenters. The molecule has 2 heterocycles. The maximum absolute atomic E-state index is 11.9. The van der Waals surface area contributed by atoms with E-state index in [0.717, 1.165) is 38.9 Å². The zero-order valence-corrected chi connectivity index (χ0v) is 17.3. The van der Waals surface area contributed by atoms with Crippen molar-refractivity contribution in [2.24, 2.45) is 5.73 Å². The largest absolute Gasteiger partial charge is 0.380 e. The third-order valence-electron chi connectivity index (χ3n) is 5.45. The van der Waals surface area contributed by atoms with E-state index in [1.54, 1.807) is 20.2 Å². The molecule has 0 bridgehead atoms. The molecule has 0 atom stereocenters. The van der Waals surface area contributed by atoms with Gasteiger partial charge >= 0.3 is 0 Å². The Balaban J connectivity index is 1.76. The van der Waals surface area contributed by atoms with Gasteiger partial charge < -0.3 is 15.5 Å². The lowest BCUT2D eigenvalue weighted by atomic mass is 9.98. The summed E-state index contributed by atoms with van der Waals surface area (Å²) in [4.78, 5) is 15.4. The van der Waals surface area contributed by atoms with Crippen molar-refractivity contribution in [3.05, 3.63) is 82.2 Å². The highest BCUT2D eigenvalue weighted by Gasteiger charge is 2.16. The molecular formula is C24H24N4O2. The van der Waals surface area contributed by atoms with Gasteiger partial charge in [-0.2, -0.15) is 10.2 Å². The SMILES string of the molecule is COCc1ccccc1-c1[nH]c2ccc(Cc3cnnc(C)c3C(N)=O)cc2c1C. The predicted octanol–water partition coefficient (Wildman–Crippen LogP) is 4.08. The van der Waals surface area contributed by atoms with E-state index >= 15 is 0 Å². The summed E-state index contributed by atoms with van der Waals surface area (Å²) in [6.07, 6.45) is 2.18. The van der Waals surface area contributed by atoms with E-state index in [-0.39, 0.29) is 0 Å². The molecule has 0 aliphatic rings. The van der Waals surface area contributed by atoms with Crippen molar-refractivity contribution in [1.82, 2.24) is 15.2 Å². The van der Waals surface area contributed by atoms with E-state index in [0.29, 0.717) is 24.3 Å².